The van der Waals surface area contributed by atoms with Crippen molar-refractivity contribution in [3.63, 3.8) is 0 Å². The summed E-state index contributed by atoms with van der Waals surface area (Å²) in [6.45, 7) is 0.446. The van der Waals surface area contributed by atoms with Crippen molar-refractivity contribution >= 4 is 17.3 Å². The third-order valence-electron chi connectivity index (χ3n) is 3.37. The molecule has 0 fully saturated rings. The monoisotopic (exact) mass is 316 g/mol. The summed E-state index contributed by atoms with van der Waals surface area (Å²) in [5.74, 6) is 1.20. The summed E-state index contributed by atoms with van der Waals surface area (Å²) in [4.78, 5) is 0. The van der Waals surface area contributed by atoms with E-state index in [1.165, 1.54) is 12.1 Å². The van der Waals surface area contributed by atoms with E-state index >= 15 is 0 Å². The molecule has 0 spiro atoms. The van der Waals surface area contributed by atoms with Crippen molar-refractivity contribution in [3.8, 4) is 11.4 Å². The van der Waals surface area contributed by atoms with Crippen LogP contribution >= 0.6 is 11.6 Å². The molecule has 0 saturated heterocycles. The lowest BCUT2D eigenvalue weighted by Crippen LogP contribution is -2.07. The van der Waals surface area contributed by atoms with Gasteiger partial charge in [-0.05, 0) is 18.2 Å². The van der Waals surface area contributed by atoms with E-state index in [0.717, 1.165) is 17.2 Å². The highest BCUT2D eigenvalue weighted by Gasteiger charge is 2.10. The minimum atomic E-state index is -0.361. The molecule has 0 radical (unpaired) electrons. The van der Waals surface area contributed by atoms with Gasteiger partial charge in [0.1, 0.15) is 5.82 Å². The molecule has 22 heavy (non-hydrogen) atoms. The second-order valence-electron chi connectivity index (χ2n) is 4.84. The number of nitrogens with zero attached hydrogens (tertiary/aromatic N) is 3. The van der Waals surface area contributed by atoms with Crippen LogP contribution in [0.5, 0.6) is 0 Å². The van der Waals surface area contributed by atoms with E-state index in [4.69, 9.17) is 11.6 Å². The molecule has 0 unspecified atom stereocenters. The number of hydrogen-bond acceptors (Lipinski definition) is 3. The van der Waals surface area contributed by atoms with Gasteiger partial charge in [-0.2, -0.15) is 0 Å². The Morgan fingerprint density at radius 2 is 1.91 bits per heavy atom. The van der Waals surface area contributed by atoms with E-state index in [9.17, 15) is 4.39 Å². The Labute approximate surface area is 132 Å². The van der Waals surface area contributed by atoms with Crippen molar-refractivity contribution in [1.82, 2.24) is 14.8 Å². The summed E-state index contributed by atoms with van der Waals surface area (Å²) in [6.07, 6.45) is 0. The van der Waals surface area contributed by atoms with Gasteiger partial charge in [-0.1, -0.05) is 41.9 Å². The summed E-state index contributed by atoms with van der Waals surface area (Å²) in [7, 11) is 1.91. The van der Waals surface area contributed by atoms with Gasteiger partial charge in [-0.15, -0.1) is 10.2 Å². The summed E-state index contributed by atoms with van der Waals surface area (Å²) < 4.78 is 14.9. The number of halogens is 2. The first-order valence-electron chi connectivity index (χ1n) is 6.78. The van der Waals surface area contributed by atoms with E-state index in [1.54, 1.807) is 6.07 Å². The van der Waals surface area contributed by atoms with Crippen LogP contribution in [0.15, 0.2) is 48.5 Å². The summed E-state index contributed by atoms with van der Waals surface area (Å²) in [5, 5.41) is 11.9. The molecule has 0 saturated carbocycles. The molecule has 0 aliphatic carbocycles. The van der Waals surface area contributed by atoms with Crippen LogP contribution < -0.4 is 5.32 Å². The second kappa shape index (κ2) is 6.15. The maximum Gasteiger partial charge on any atom is 0.163 e. The highest BCUT2D eigenvalue weighted by molar-refractivity contribution is 6.33. The molecule has 3 rings (SSSR count). The number of rotatable bonds is 4. The Balaban J connectivity index is 1.78. The van der Waals surface area contributed by atoms with Gasteiger partial charge >= 0.3 is 0 Å². The summed E-state index contributed by atoms with van der Waals surface area (Å²) in [6, 6.07) is 14.1. The lowest BCUT2D eigenvalue weighted by molar-refractivity contribution is 0.628. The van der Waals surface area contributed by atoms with Crippen LogP contribution in [0.2, 0.25) is 5.02 Å². The van der Waals surface area contributed by atoms with E-state index in [-0.39, 0.29) is 5.82 Å². The first kappa shape index (κ1) is 14.5. The zero-order valence-corrected chi connectivity index (χ0v) is 12.7. The molecule has 0 bridgehead atoms. The number of anilines is 1. The number of benzene rings is 2. The predicted molar refractivity (Wildman–Crippen MR) is 85.2 cm³/mol. The van der Waals surface area contributed by atoms with Gasteiger partial charge in [0, 0.05) is 12.6 Å². The first-order chi connectivity index (χ1) is 10.6. The van der Waals surface area contributed by atoms with E-state index in [2.05, 4.69) is 15.5 Å². The van der Waals surface area contributed by atoms with Crippen molar-refractivity contribution in [2.24, 2.45) is 7.05 Å². The highest BCUT2D eigenvalue weighted by atomic mass is 35.5. The molecular formula is C16H14ClFN4. The average molecular weight is 317 g/mol. The molecule has 0 amide bonds. The van der Waals surface area contributed by atoms with Crippen LogP contribution in [0.4, 0.5) is 10.1 Å². The van der Waals surface area contributed by atoms with Crippen LogP contribution in [0.1, 0.15) is 5.82 Å². The van der Waals surface area contributed by atoms with Crippen molar-refractivity contribution in [3.05, 3.63) is 65.2 Å². The van der Waals surface area contributed by atoms with Gasteiger partial charge in [0.25, 0.3) is 0 Å². The van der Waals surface area contributed by atoms with Crippen LogP contribution in [-0.2, 0) is 13.6 Å². The number of hydrogen-bond donors (Lipinski definition) is 1. The van der Waals surface area contributed by atoms with Gasteiger partial charge in [-0.25, -0.2) is 4.39 Å². The standard InChI is InChI=1S/C16H14ClFN4/c1-22-15(10-19-14-8-7-12(18)9-13(14)17)20-21-16(22)11-5-3-2-4-6-11/h2-9,19H,10H2,1H3. The Kier molecular flexibility index (Phi) is 4.06. The van der Waals surface area contributed by atoms with E-state index in [1.807, 2.05) is 41.9 Å². The van der Waals surface area contributed by atoms with Gasteiger partial charge in [0.15, 0.2) is 11.6 Å². The van der Waals surface area contributed by atoms with E-state index < -0.39 is 0 Å². The fraction of sp³-hybridized carbons (Fsp3) is 0.125. The smallest absolute Gasteiger partial charge is 0.163 e. The predicted octanol–water partition coefficient (Wildman–Crippen LogP) is 3.89. The Morgan fingerprint density at radius 3 is 2.64 bits per heavy atom. The Morgan fingerprint density at radius 1 is 1.14 bits per heavy atom. The van der Waals surface area contributed by atoms with Gasteiger partial charge in [0.2, 0.25) is 0 Å². The zero-order chi connectivity index (χ0) is 15.5. The van der Waals surface area contributed by atoms with Crippen LogP contribution in [0.25, 0.3) is 11.4 Å². The van der Waals surface area contributed by atoms with Crippen LogP contribution in [0, 0.1) is 5.82 Å². The van der Waals surface area contributed by atoms with Crippen LogP contribution in [-0.4, -0.2) is 14.8 Å². The summed E-state index contributed by atoms with van der Waals surface area (Å²) in [5.41, 5.74) is 1.66. The van der Waals surface area contributed by atoms with E-state index in [0.29, 0.717) is 17.3 Å². The third kappa shape index (κ3) is 2.94. The lowest BCUT2D eigenvalue weighted by atomic mass is 10.2. The van der Waals surface area contributed by atoms with Gasteiger partial charge < -0.3 is 9.88 Å². The molecule has 0 atom stereocenters. The fourth-order valence-electron chi connectivity index (χ4n) is 2.16. The average Bonchev–Trinajstić information content (AvgIpc) is 2.88. The molecule has 1 heterocycles. The van der Waals surface area contributed by atoms with Gasteiger partial charge in [0.05, 0.1) is 17.3 Å². The quantitative estimate of drug-likeness (QED) is 0.794. The molecular weight excluding hydrogens is 303 g/mol. The molecule has 2 aromatic carbocycles. The first-order valence-corrected chi connectivity index (χ1v) is 7.15. The van der Waals surface area contributed by atoms with Crippen molar-refractivity contribution in [2.45, 2.75) is 6.54 Å². The largest absolute Gasteiger partial charge is 0.377 e. The van der Waals surface area contributed by atoms with Crippen molar-refractivity contribution in [2.75, 3.05) is 5.32 Å². The molecule has 6 heteroatoms. The SMILES string of the molecule is Cn1c(CNc2ccc(F)cc2Cl)nnc1-c1ccccc1. The normalized spacial score (nSPS) is 10.7. The topological polar surface area (TPSA) is 42.7 Å². The molecule has 112 valence electrons. The molecule has 3 aromatic rings. The van der Waals surface area contributed by atoms with Crippen molar-refractivity contribution < 1.29 is 4.39 Å². The lowest BCUT2D eigenvalue weighted by Gasteiger charge is -2.08. The molecule has 0 aliphatic heterocycles. The minimum absolute atomic E-state index is 0.338. The number of nitrogens with one attached hydrogen (secondary N) is 1. The molecule has 4 nitrogen and oxygen atoms in total. The second-order valence-corrected chi connectivity index (χ2v) is 5.25. The maximum absolute atomic E-state index is 13.0. The summed E-state index contributed by atoms with van der Waals surface area (Å²) >= 11 is 5.99. The Hall–Kier alpha value is -2.40. The Bertz CT molecular complexity index is 786. The van der Waals surface area contributed by atoms with Gasteiger partial charge in [-0.3, -0.25) is 0 Å². The zero-order valence-electron chi connectivity index (χ0n) is 11.9. The highest BCUT2D eigenvalue weighted by Crippen LogP contribution is 2.23. The van der Waals surface area contributed by atoms with Crippen LogP contribution in [0.3, 0.4) is 0 Å². The molecule has 1 aromatic heterocycles. The fourth-order valence-corrected chi connectivity index (χ4v) is 2.40. The molecule has 0 aliphatic rings. The minimum Gasteiger partial charge on any atom is -0.377 e. The third-order valence-corrected chi connectivity index (χ3v) is 3.68. The maximum atomic E-state index is 13.0. The number of aromatic nitrogens is 3. The molecule has 1 N–H and O–H groups in total. The van der Waals surface area contributed by atoms with Crippen molar-refractivity contribution in [1.29, 1.82) is 0 Å².